The number of benzene rings is 1. The molecule has 0 radical (unpaired) electrons. The Morgan fingerprint density at radius 1 is 1.17 bits per heavy atom. The molecule has 4 N–H and O–H groups in total. The normalized spacial score (nSPS) is 10.3. The summed E-state index contributed by atoms with van der Waals surface area (Å²) >= 11 is 0. The largest absolute Gasteiger partial charge is 0.468 e. The van der Waals surface area contributed by atoms with E-state index in [9.17, 15) is 14.4 Å². The number of amides is 2. The van der Waals surface area contributed by atoms with Crippen LogP contribution in [0.3, 0.4) is 0 Å². The van der Waals surface area contributed by atoms with Crippen LogP contribution in [0.2, 0.25) is 0 Å². The zero-order valence-electron chi connectivity index (χ0n) is 13.3. The van der Waals surface area contributed by atoms with Crippen molar-refractivity contribution in [1.82, 2.24) is 5.32 Å². The maximum Gasteiger partial charge on any atom is 0.325 e. The molecule has 23 heavy (non-hydrogen) atoms. The molecule has 0 spiro atoms. The van der Waals surface area contributed by atoms with Crippen LogP contribution < -0.4 is 16.4 Å². The van der Waals surface area contributed by atoms with Gasteiger partial charge in [-0.2, -0.15) is 0 Å². The number of ether oxygens (including phenoxy) is 1. The number of rotatable bonds is 6. The first kappa shape index (κ1) is 20.9. The first-order chi connectivity index (χ1) is 10.2. The molecular formula is C15H22ClN3O4. The van der Waals surface area contributed by atoms with Crippen molar-refractivity contribution in [2.75, 3.05) is 19.0 Å². The molecule has 1 aromatic carbocycles. The first-order valence-corrected chi connectivity index (χ1v) is 6.75. The molecule has 0 aliphatic heterocycles. The second kappa shape index (κ2) is 9.12. The lowest BCUT2D eigenvalue weighted by Crippen LogP contribution is -2.45. The molecule has 0 aromatic heterocycles. The molecule has 0 bridgehead atoms. The molecule has 0 saturated carbocycles. The molecule has 2 amide bonds. The second-order valence-electron chi connectivity index (χ2n) is 5.40. The summed E-state index contributed by atoms with van der Waals surface area (Å²) < 4.78 is 4.43. The summed E-state index contributed by atoms with van der Waals surface area (Å²) in [7, 11) is 1.25. The molecule has 0 atom stereocenters. The van der Waals surface area contributed by atoms with Gasteiger partial charge in [-0.3, -0.25) is 14.4 Å². The summed E-state index contributed by atoms with van der Waals surface area (Å²) in [6, 6.07) is 6.81. The Bertz CT molecular complexity index is 553. The highest BCUT2D eigenvalue weighted by Crippen LogP contribution is 2.12. The van der Waals surface area contributed by atoms with Gasteiger partial charge in [-0.05, 0) is 31.5 Å². The molecule has 0 unspecified atom stereocenters. The lowest BCUT2D eigenvalue weighted by atomic mass is 10.1. The van der Waals surface area contributed by atoms with Crippen molar-refractivity contribution in [1.29, 1.82) is 0 Å². The summed E-state index contributed by atoms with van der Waals surface area (Å²) in [4.78, 5) is 34.3. The van der Waals surface area contributed by atoms with Gasteiger partial charge in [0.1, 0.15) is 6.54 Å². The van der Waals surface area contributed by atoms with E-state index in [1.807, 2.05) is 0 Å². The van der Waals surface area contributed by atoms with Gasteiger partial charge in [0.05, 0.1) is 19.1 Å². The molecule has 1 rings (SSSR count). The molecule has 1 aromatic rings. The lowest BCUT2D eigenvalue weighted by Gasteiger charge is -2.17. The number of carbonyl (C=O) groups is 3. The quantitative estimate of drug-likeness (QED) is 0.656. The van der Waals surface area contributed by atoms with Crippen molar-refractivity contribution >= 4 is 35.9 Å². The number of nitrogens with two attached hydrogens (primary N) is 1. The van der Waals surface area contributed by atoms with Gasteiger partial charge in [-0.1, -0.05) is 12.1 Å². The molecule has 8 heteroatoms. The van der Waals surface area contributed by atoms with Crippen molar-refractivity contribution in [3.05, 3.63) is 29.8 Å². The van der Waals surface area contributed by atoms with Crippen molar-refractivity contribution in [3.8, 4) is 0 Å². The number of halogens is 1. The summed E-state index contributed by atoms with van der Waals surface area (Å²) in [5, 5.41) is 5.13. The standard InChI is InChI=1S/C15H21N3O4.ClH/c1-15(2,16)14(21)18-11-6-4-10(5-7-11)8-12(19)17-9-13(20)22-3;/h4-7H,8-9,16H2,1-3H3,(H,17,19)(H,18,21);1H. The number of anilines is 1. The van der Waals surface area contributed by atoms with Gasteiger partial charge in [0, 0.05) is 5.69 Å². The van der Waals surface area contributed by atoms with Gasteiger partial charge in [0.25, 0.3) is 0 Å². The van der Waals surface area contributed by atoms with E-state index < -0.39 is 11.5 Å². The average Bonchev–Trinajstić information content (AvgIpc) is 2.45. The van der Waals surface area contributed by atoms with Crippen LogP contribution in [0.5, 0.6) is 0 Å². The number of nitrogens with one attached hydrogen (secondary N) is 2. The van der Waals surface area contributed by atoms with Crippen molar-refractivity contribution in [2.24, 2.45) is 5.73 Å². The SMILES string of the molecule is COC(=O)CNC(=O)Cc1ccc(NC(=O)C(C)(C)N)cc1.Cl. The van der Waals surface area contributed by atoms with Crippen LogP contribution in [0.15, 0.2) is 24.3 Å². The number of hydrogen-bond acceptors (Lipinski definition) is 5. The Labute approximate surface area is 141 Å². The molecular weight excluding hydrogens is 322 g/mol. The monoisotopic (exact) mass is 343 g/mol. The third-order valence-corrected chi connectivity index (χ3v) is 2.82. The maximum absolute atomic E-state index is 11.7. The third kappa shape index (κ3) is 7.62. The summed E-state index contributed by atoms with van der Waals surface area (Å²) in [5.74, 6) is -1.09. The maximum atomic E-state index is 11.7. The van der Waals surface area contributed by atoms with Crippen LogP contribution in [0.25, 0.3) is 0 Å². The number of carbonyl (C=O) groups excluding carboxylic acids is 3. The predicted octanol–water partition coefficient (Wildman–Crippen LogP) is 0.616. The van der Waals surface area contributed by atoms with Gasteiger partial charge in [-0.25, -0.2) is 0 Å². The van der Waals surface area contributed by atoms with Crippen molar-refractivity contribution in [3.63, 3.8) is 0 Å². The summed E-state index contributed by atoms with van der Waals surface area (Å²) in [5.41, 5.74) is 6.08. The van der Waals surface area contributed by atoms with Gasteiger partial charge >= 0.3 is 5.97 Å². The van der Waals surface area contributed by atoms with E-state index in [1.165, 1.54) is 7.11 Å². The molecule has 0 heterocycles. The fourth-order valence-electron chi connectivity index (χ4n) is 1.49. The Morgan fingerprint density at radius 3 is 2.22 bits per heavy atom. The molecule has 0 saturated heterocycles. The fraction of sp³-hybridized carbons (Fsp3) is 0.400. The van der Waals surface area contributed by atoms with Gasteiger partial charge in [-0.15, -0.1) is 12.4 Å². The van der Waals surface area contributed by atoms with Gasteiger partial charge < -0.3 is 21.1 Å². The highest BCUT2D eigenvalue weighted by Gasteiger charge is 2.21. The number of methoxy groups -OCH3 is 1. The van der Waals surface area contributed by atoms with E-state index in [0.29, 0.717) is 5.69 Å². The third-order valence-electron chi connectivity index (χ3n) is 2.82. The van der Waals surface area contributed by atoms with E-state index in [1.54, 1.807) is 38.1 Å². The van der Waals surface area contributed by atoms with Crippen LogP contribution in [0.4, 0.5) is 5.69 Å². The van der Waals surface area contributed by atoms with E-state index in [4.69, 9.17) is 5.73 Å². The molecule has 0 aliphatic carbocycles. The number of esters is 1. The van der Waals surface area contributed by atoms with Crippen LogP contribution >= 0.6 is 12.4 Å². The molecule has 0 aliphatic rings. The Hall–Kier alpha value is -2.12. The minimum Gasteiger partial charge on any atom is -0.468 e. The topological polar surface area (TPSA) is 111 Å². The van der Waals surface area contributed by atoms with E-state index in [2.05, 4.69) is 15.4 Å². The summed E-state index contributed by atoms with van der Waals surface area (Å²) in [6.07, 6.45) is 0.133. The van der Waals surface area contributed by atoms with Crippen molar-refractivity contribution < 1.29 is 19.1 Å². The minimum atomic E-state index is -0.966. The lowest BCUT2D eigenvalue weighted by molar-refractivity contribution is -0.141. The Balaban J connectivity index is 0.00000484. The fourth-order valence-corrected chi connectivity index (χ4v) is 1.49. The predicted molar refractivity (Wildman–Crippen MR) is 89.3 cm³/mol. The van der Waals surface area contributed by atoms with Crippen LogP contribution in [0.1, 0.15) is 19.4 Å². The number of hydrogen-bond donors (Lipinski definition) is 3. The van der Waals surface area contributed by atoms with E-state index >= 15 is 0 Å². The highest BCUT2D eigenvalue weighted by molar-refractivity contribution is 5.97. The van der Waals surface area contributed by atoms with E-state index in [-0.39, 0.29) is 37.2 Å². The average molecular weight is 344 g/mol. The Morgan fingerprint density at radius 2 is 1.74 bits per heavy atom. The smallest absolute Gasteiger partial charge is 0.325 e. The van der Waals surface area contributed by atoms with Gasteiger partial charge in [0.2, 0.25) is 11.8 Å². The Kier molecular flexibility index (Phi) is 8.28. The zero-order valence-corrected chi connectivity index (χ0v) is 14.2. The van der Waals surface area contributed by atoms with Crippen molar-refractivity contribution in [2.45, 2.75) is 25.8 Å². The molecule has 128 valence electrons. The van der Waals surface area contributed by atoms with Crippen LogP contribution in [-0.2, 0) is 25.5 Å². The van der Waals surface area contributed by atoms with E-state index in [0.717, 1.165) is 5.56 Å². The van der Waals surface area contributed by atoms with Crippen LogP contribution in [-0.4, -0.2) is 37.0 Å². The zero-order chi connectivity index (χ0) is 16.8. The van der Waals surface area contributed by atoms with Crippen LogP contribution in [0, 0.1) is 0 Å². The minimum absolute atomic E-state index is 0. The molecule has 0 fully saturated rings. The summed E-state index contributed by atoms with van der Waals surface area (Å²) in [6.45, 7) is 3.07. The first-order valence-electron chi connectivity index (χ1n) is 6.75. The second-order valence-corrected chi connectivity index (χ2v) is 5.40. The molecule has 7 nitrogen and oxygen atoms in total. The van der Waals surface area contributed by atoms with Gasteiger partial charge in [0.15, 0.2) is 0 Å². The highest BCUT2D eigenvalue weighted by atomic mass is 35.5.